The van der Waals surface area contributed by atoms with E-state index in [0.717, 1.165) is 18.2 Å². The van der Waals surface area contributed by atoms with Gasteiger partial charge in [0, 0.05) is 42.1 Å². The molecule has 0 saturated carbocycles. The third kappa shape index (κ3) is 4.30. The summed E-state index contributed by atoms with van der Waals surface area (Å²) in [5, 5.41) is 1.54. The van der Waals surface area contributed by atoms with Crippen molar-refractivity contribution >= 4 is 35.1 Å². The van der Waals surface area contributed by atoms with Crippen molar-refractivity contribution in [2.24, 2.45) is 5.92 Å². The van der Waals surface area contributed by atoms with Crippen molar-refractivity contribution in [1.82, 2.24) is 9.47 Å². The number of halogens is 1. The lowest BCUT2D eigenvalue weighted by Gasteiger charge is -2.47. The molecule has 1 saturated heterocycles. The van der Waals surface area contributed by atoms with Crippen LogP contribution in [-0.4, -0.2) is 47.7 Å². The lowest BCUT2D eigenvalue weighted by molar-refractivity contribution is 0.0926. The molecule has 5 rings (SSSR count). The minimum Gasteiger partial charge on any atom is -0.497 e. The lowest BCUT2D eigenvalue weighted by atomic mass is 9.72. The van der Waals surface area contributed by atoms with E-state index in [0.29, 0.717) is 12.0 Å². The van der Waals surface area contributed by atoms with Crippen LogP contribution in [0.3, 0.4) is 0 Å². The van der Waals surface area contributed by atoms with Crippen LogP contribution in [0.15, 0.2) is 48.7 Å². The molecule has 3 nitrogen and oxygen atoms in total. The molecular formula is C27H35ClN2OS. The van der Waals surface area contributed by atoms with E-state index in [1.54, 1.807) is 18.2 Å². The van der Waals surface area contributed by atoms with Crippen LogP contribution in [-0.2, 0) is 13.0 Å². The van der Waals surface area contributed by atoms with Crippen LogP contribution in [0, 0.1) is 5.92 Å². The summed E-state index contributed by atoms with van der Waals surface area (Å²) in [6.45, 7) is 5.71. The van der Waals surface area contributed by atoms with Gasteiger partial charge in [-0.15, -0.1) is 12.4 Å². The molecule has 172 valence electrons. The Labute approximate surface area is 202 Å². The fourth-order valence-corrected chi connectivity index (χ4v) is 6.79. The molecule has 0 amide bonds. The van der Waals surface area contributed by atoms with E-state index >= 15 is 0 Å². The number of nitrogens with zero attached hydrogens (tertiary/aromatic N) is 2. The smallest absolute Gasteiger partial charge is 0.119 e. The van der Waals surface area contributed by atoms with Crippen molar-refractivity contribution in [3.63, 3.8) is 0 Å². The van der Waals surface area contributed by atoms with E-state index in [1.807, 2.05) is 17.8 Å². The molecule has 3 aromatic rings. The third-order valence-electron chi connectivity index (χ3n) is 7.26. The summed E-state index contributed by atoms with van der Waals surface area (Å²) in [5.41, 5.74) is 5.82. The highest BCUT2D eigenvalue weighted by Crippen LogP contribution is 2.45. The first-order chi connectivity index (χ1) is 15.2. The standard InChI is InChI=1S/C27H34N2OS.ClH/c1-4-11-28-16-20(18-31-3)13-24-23-9-6-10-25-27(23)21(14-26(24)28)17-29(25)15-19-7-5-8-22(12-19)30-2;/h5-10,12,17,20,24,26H,4,11,13-16,18H2,1-3H3;1H/t20-,24+,26+;/m0./s1. The Morgan fingerprint density at radius 2 is 2.00 bits per heavy atom. The number of aromatic nitrogens is 1. The molecule has 32 heavy (non-hydrogen) atoms. The fraction of sp³-hybridized carbons (Fsp3) is 0.481. The molecule has 0 bridgehead atoms. The number of benzene rings is 2. The van der Waals surface area contributed by atoms with Gasteiger partial charge in [-0.25, -0.2) is 0 Å². The molecule has 2 aliphatic rings. The molecule has 1 fully saturated rings. The predicted octanol–water partition coefficient (Wildman–Crippen LogP) is 6.22. The molecule has 3 atom stereocenters. The minimum atomic E-state index is 0. The molecule has 2 heterocycles. The van der Waals surface area contributed by atoms with Crippen LogP contribution in [0.1, 0.15) is 42.4 Å². The summed E-state index contributed by atoms with van der Waals surface area (Å²) in [4.78, 5) is 2.82. The topological polar surface area (TPSA) is 17.4 Å². The van der Waals surface area contributed by atoms with Crippen LogP contribution in [0.5, 0.6) is 5.75 Å². The second-order valence-electron chi connectivity index (χ2n) is 9.31. The minimum absolute atomic E-state index is 0. The summed E-state index contributed by atoms with van der Waals surface area (Å²) < 4.78 is 7.91. The molecule has 5 heteroatoms. The van der Waals surface area contributed by atoms with Crippen LogP contribution in [0.2, 0.25) is 0 Å². The largest absolute Gasteiger partial charge is 0.497 e. The molecule has 0 spiro atoms. The Morgan fingerprint density at radius 1 is 1.16 bits per heavy atom. The van der Waals surface area contributed by atoms with Crippen LogP contribution in [0.4, 0.5) is 0 Å². The van der Waals surface area contributed by atoms with Crippen molar-refractivity contribution < 1.29 is 4.74 Å². The van der Waals surface area contributed by atoms with Crippen molar-refractivity contribution in [2.45, 2.75) is 44.7 Å². The maximum absolute atomic E-state index is 5.45. The highest BCUT2D eigenvalue weighted by atomic mass is 35.5. The van der Waals surface area contributed by atoms with Gasteiger partial charge in [-0.05, 0) is 78.6 Å². The molecule has 0 N–H and O–H groups in total. The maximum Gasteiger partial charge on any atom is 0.119 e. The van der Waals surface area contributed by atoms with E-state index in [1.165, 1.54) is 54.6 Å². The van der Waals surface area contributed by atoms with Gasteiger partial charge in [-0.2, -0.15) is 11.8 Å². The average Bonchev–Trinajstić information content (AvgIpc) is 3.13. The molecule has 0 unspecified atom stereocenters. The van der Waals surface area contributed by atoms with Gasteiger partial charge in [0.25, 0.3) is 0 Å². The number of thioether (sulfide) groups is 1. The Kier molecular flexibility index (Phi) is 7.44. The zero-order chi connectivity index (χ0) is 21.4. The van der Waals surface area contributed by atoms with Gasteiger partial charge in [0.15, 0.2) is 0 Å². The second-order valence-corrected chi connectivity index (χ2v) is 10.2. The normalized spacial score (nSPS) is 22.4. The van der Waals surface area contributed by atoms with Crippen LogP contribution in [0.25, 0.3) is 10.9 Å². The summed E-state index contributed by atoms with van der Waals surface area (Å²) in [6, 6.07) is 16.1. The molecule has 1 aromatic heterocycles. The van der Waals surface area contributed by atoms with E-state index < -0.39 is 0 Å². The molecule has 2 aromatic carbocycles. The number of hydrogen-bond donors (Lipinski definition) is 0. The van der Waals surface area contributed by atoms with Gasteiger partial charge in [-0.3, -0.25) is 4.90 Å². The summed E-state index contributed by atoms with van der Waals surface area (Å²) >= 11 is 2.01. The molecule has 1 aliphatic carbocycles. The Morgan fingerprint density at radius 3 is 2.78 bits per heavy atom. The summed E-state index contributed by atoms with van der Waals surface area (Å²) in [7, 11) is 1.74. The van der Waals surface area contributed by atoms with Gasteiger partial charge in [0.2, 0.25) is 0 Å². The zero-order valence-corrected chi connectivity index (χ0v) is 21.1. The lowest BCUT2D eigenvalue weighted by Crippen LogP contribution is -2.50. The van der Waals surface area contributed by atoms with Gasteiger partial charge in [0.1, 0.15) is 5.75 Å². The van der Waals surface area contributed by atoms with E-state index in [4.69, 9.17) is 4.74 Å². The van der Waals surface area contributed by atoms with Crippen molar-refractivity contribution in [2.75, 3.05) is 32.2 Å². The molecule has 1 aliphatic heterocycles. The van der Waals surface area contributed by atoms with Crippen molar-refractivity contribution in [3.05, 3.63) is 65.4 Å². The number of methoxy groups -OCH3 is 1. The Hall–Kier alpha value is -1.62. The highest BCUT2D eigenvalue weighted by Gasteiger charge is 2.40. The van der Waals surface area contributed by atoms with Gasteiger partial charge < -0.3 is 9.30 Å². The second kappa shape index (κ2) is 10.1. The number of ether oxygens (including phenoxy) is 1. The third-order valence-corrected chi connectivity index (χ3v) is 8.06. The molecular weight excluding hydrogens is 436 g/mol. The van der Waals surface area contributed by atoms with Gasteiger partial charge in [0.05, 0.1) is 7.11 Å². The van der Waals surface area contributed by atoms with Gasteiger partial charge >= 0.3 is 0 Å². The number of piperidine rings is 1. The highest BCUT2D eigenvalue weighted by molar-refractivity contribution is 7.98. The average molecular weight is 471 g/mol. The molecule has 0 radical (unpaired) electrons. The van der Waals surface area contributed by atoms with Crippen LogP contribution < -0.4 is 4.74 Å². The van der Waals surface area contributed by atoms with E-state index in [-0.39, 0.29) is 12.4 Å². The summed E-state index contributed by atoms with van der Waals surface area (Å²) in [5.74, 6) is 3.68. The van der Waals surface area contributed by atoms with Crippen molar-refractivity contribution in [1.29, 1.82) is 0 Å². The first-order valence-corrected chi connectivity index (χ1v) is 13.1. The fourth-order valence-electron chi connectivity index (χ4n) is 6.07. The Bertz CT molecular complexity index is 1060. The maximum atomic E-state index is 5.45. The SMILES string of the molecule is CCCN1C[C@@H](CSC)C[C@@H]2c3cccc4c3c(cn4Cc3cccc(OC)c3)C[C@H]21.Cl. The van der Waals surface area contributed by atoms with Crippen molar-refractivity contribution in [3.8, 4) is 5.75 Å². The van der Waals surface area contributed by atoms with E-state index in [9.17, 15) is 0 Å². The summed E-state index contributed by atoms with van der Waals surface area (Å²) in [6.07, 6.45) is 8.46. The number of fused-ring (bicyclic) bond motifs is 2. The first-order valence-electron chi connectivity index (χ1n) is 11.7. The first kappa shape index (κ1) is 23.5. The number of rotatable bonds is 7. The predicted molar refractivity (Wildman–Crippen MR) is 140 cm³/mol. The zero-order valence-electron chi connectivity index (χ0n) is 19.4. The number of hydrogen-bond acceptors (Lipinski definition) is 3. The monoisotopic (exact) mass is 470 g/mol. The van der Waals surface area contributed by atoms with E-state index in [2.05, 4.69) is 65.2 Å². The quantitative estimate of drug-likeness (QED) is 0.408. The van der Waals surface area contributed by atoms with Gasteiger partial charge in [-0.1, -0.05) is 31.2 Å². The van der Waals surface area contributed by atoms with Crippen LogP contribution >= 0.6 is 24.2 Å². The number of likely N-dealkylation sites (tertiary alicyclic amines) is 1. The Balaban J connectivity index is 0.00000245.